The fraction of sp³-hybridized carbons (Fsp3) is 0.286. The Morgan fingerprint density at radius 2 is 2.11 bits per heavy atom. The van der Waals surface area contributed by atoms with Gasteiger partial charge in [0, 0.05) is 5.56 Å². The maximum Gasteiger partial charge on any atom is 0.234 e. The molecule has 2 aromatic rings. The molecule has 0 fully saturated rings. The third-order valence-electron chi connectivity index (χ3n) is 3.17. The highest BCUT2D eigenvalue weighted by Gasteiger charge is 2.22. The van der Waals surface area contributed by atoms with Crippen LogP contribution >= 0.6 is 0 Å². The molecule has 1 heterocycles. The van der Waals surface area contributed by atoms with Crippen molar-refractivity contribution in [2.75, 3.05) is 5.32 Å². The highest BCUT2D eigenvalue weighted by atomic mass is 16.5. The quantitative estimate of drug-likeness (QED) is 0.898. The van der Waals surface area contributed by atoms with Crippen LogP contribution in [0.25, 0.3) is 0 Å². The second kappa shape index (κ2) is 4.64. The zero-order valence-corrected chi connectivity index (χ0v) is 9.98. The van der Waals surface area contributed by atoms with Gasteiger partial charge >= 0.3 is 0 Å². The molecule has 0 atom stereocenters. The van der Waals surface area contributed by atoms with Gasteiger partial charge in [0.15, 0.2) is 0 Å². The Morgan fingerprint density at radius 3 is 2.94 bits per heavy atom. The van der Waals surface area contributed by atoms with E-state index >= 15 is 0 Å². The van der Waals surface area contributed by atoms with Gasteiger partial charge in [-0.15, -0.1) is 0 Å². The van der Waals surface area contributed by atoms with Gasteiger partial charge < -0.3 is 4.52 Å². The molecular weight excluding hydrogens is 228 g/mol. The number of amides is 1. The van der Waals surface area contributed by atoms with E-state index in [1.54, 1.807) is 0 Å². The molecule has 1 aliphatic rings. The number of aryl methyl sites for hydroxylation is 1. The van der Waals surface area contributed by atoms with Crippen molar-refractivity contribution in [3.8, 4) is 0 Å². The van der Waals surface area contributed by atoms with Crippen molar-refractivity contribution in [1.82, 2.24) is 5.16 Å². The van der Waals surface area contributed by atoms with E-state index < -0.39 is 0 Å². The summed E-state index contributed by atoms with van der Waals surface area (Å²) in [6.45, 7) is 0. The van der Waals surface area contributed by atoms with Crippen LogP contribution in [0.15, 0.2) is 34.9 Å². The molecule has 4 heteroatoms. The van der Waals surface area contributed by atoms with Gasteiger partial charge in [-0.25, -0.2) is 0 Å². The molecule has 1 amide bonds. The minimum Gasteiger partial charge on any atom is -0.338 e. The lowest BCUT2D eigenvalue weighted by molar-refractivity contribution is -0.115. The van der Waals surface area contributed by atoms with Gasteiger partial charge in [-0.3, -0.25) is 10.1 Å². The number of carbonyl (C=O) groups is 1. The summed E-state index contributed by atoms with van der Waals surface area (Å²) in [6.07, 6.45) is 3.35. The maximum atomic E-state index is 11.9. The smallest absolute Gasteiger partial charge is 0.234 e. The fourth-order valence-corrected chi connectivity index (χ4v) is 2.28. The number of anilines is 1. The predicted molar refractivity (Wildman–Crippen MR) is 67.3 cm³/mol. The number of carbonyl (C=O) groups excluding carboxylic acids is 1. The van der Waals surface area contributed by atoms with Crippen LogP contribution in [-0.2, 0) is 24.1 Å². The SMILES string of the molecule is O=C(Cc1ccccc1)Nc1onc2c1CCC2. The predicted octanol–water partition coefficient (Wildman–Crippen LogP) is 2.34. The highest BCUT2D eigenvalue weighted by Crippen LogP contribution is 2.28. The molecular formula is C14H14N2O2. The van der Waals surface area contributed by atoms with Crippen molar-refractivity contribution in [3.63, 3.8) is 0 Å². The molecule has 92 valence electrons. The molecule has 0 saturated carbocycles. The van der Waals surface area contributed by atoms with Gasteiger partial charge in [-0.1, -0.05) is 35.5 Å². The number of fused-ring (bicyclic) bond motifs is 1. The van der Waals surface area contributed by atoms with Crippen molar-refractivity contribution in [2.24, 2.45) is 0 Å². The average molecular weight is 242 g/mol. The Bertz CT molecular complexity index is 560. The number of hydrogen-bond acceptors (Lipinski definition) is 3. The molecule has 1 aromatic carbocycles. The summed E-state index contributed by atoms with van der Waals surface area (Å²) in [7, 11) is 0. The lowest BCUT2D eigenvalue weighted by atomic mass is 10.1. The van der Waals surface area contributed by atoms with Crippen molar-refractivity contribution in [1.29, 1.82) is 0 Å². The van der Waals surface area contributed by atoms with E-state index in [0.717, 1.165) is 36.1 Å². The second-order valence-electron chi connectivity index (χ2n) is 4.50. The zero-order valence-electron chi connectivity index (χ0n) is 9.98. The molecule has 0 radical (unpaired) electrons. The molecule has 1 aromatic heterocycles. The first-order valence-corrected chi connectivity index (χ1v) is 6.14. The largest absolute Gasteiger partial charge is 0.338 e. The van der Waals surface area contributed by atoms with Gasteiger partial charge in [0.1, 0.15) is 0 Å². The van der Waals surface area contributed by atoms with Crippen molar-refractivity contribution in [2.45, 2.75) is 25.7 Å². The van der Waals surface area contributed by atoms with Crippen LogP contribution in [0.4, 0.5) is 5.88 Å². The minimum atomic E-state index is -0.0629. The molecule has 18 heavy (non-hydrogen) atoms. The monoisotopic (exact) mass is 242 g/mol. The van der Waals surface area contributed by atoms with E-state index in [1.807, 2.05) is 30.3 Å². The lowest BCUT2D eigenvalue weighted by Crippen LogP contribution is -2.14. The Morgan fingerprint density at radius 1 is 1.28 bits per heavy atom. The van der Waals surface area contributed by atoms with E-state index in [2.05, 4.69) is 10.5 Å². The minimum absolute atomic E-state index is 0.0629. The van der Waals surface area contributed by atoms with Gasteiger partial charge in [-0.05, 0) is 24.8 Å². The van der Waals surface area contributed by atoms with Crippen LogP contribution < -0.4 is 5.32 Å². The number of nitrogens with one attached hydrogen (secondary N) is 1. The van der Waals surface area contributed by atoms with Crippen LogP contribution in [0, 0.1) is 0 Å². The summed E-state index contributed by atoms with van der Waals surface area (Å²) in [5.41, 5.74) is 3.05. The molecule has 1 aliphatic carbocycles. The van der Waals surface area contributed by atoms with E-state index in [1.165, 1.54) is 0 Å². The second-order valence-corrected chi connectivity index (χ2v) is 4.50. The topological polar surface area (TPSA) is 55.1 Å². The van der Waals surface area contributed by atoms with Crippen LogP contribution in [0.5, 0.6) is 0 Å². The fourth-order valence-electron chi connectivity index (χ4n) is 2.28. The van der Waals surface area contributed by atoms with E-state index in [0.29, 0.717) is 12.3 Å². The van der Waals surface area contributed by atoms with E-state index in [-0.39, 0.29) is 5.91 Å². The molecule has 0 saturated heterocycles. The average Bonchev–Trinajstić information content (AvgIpc) is 2.95. The Hall–Kier alpha value is -2.10. The van der Waals surface area contributed by atoms with Crippen molar-refractivity contribution < 1.29 is 9.32 Å². The van der Waals surface area contributed by atoms with Gasteiger partial charge in [0.05, 0.1) is 12.1 Å². The Labute approximate surface area is 105 Å². The third-order valence-corrected chi connectivity index (χ3v) is 3.17. The standard InChI is InChI=1S/C14H14N2O2/c17-13(9-10-5-2-1-3-6-10)15-14-11-7-4-8-12(11)16-18-14/h1-3,5-6H,4,7-9H2,(H,15,17). The number of hydrogen-bond donors (Lipinski definition) is 1. The molecule has 0 unspecified atom stereocenters. The van der Waals surface area contributed by atoms with Crippen LogP contribution in [-0.4, -0.2) is 11.1 Å². The van der Waals surface area contributed by atoms with Crippen LogP contribution in [0.3, 0.4) is 0 Å². The molecule has 0 aliphatic heterocycles. The zero-order chi connectivity index (χ0) is 12.4. The molecule has 1 N–H and O–H groups in total. The Balaban J connectivity index is 1.68. The number of benzene rings is 1. The Kier molecular flexibility index (Phi) is 2.84. The van der Waals surface area contributed by atoms with Crippen molar-refractivity contribution >= 4 is 11.8 Å². The third kappa shape index (κ3) is 2.14. The maximum absolute atomic E-state index is 11.9. The molecule has 3 rings (SSSR count). The van der Waals surface area contributed by atoms with Gasteiger partial charge in [-0.2, -0.15) is 0 Å². The van der Waals surface area contributed by atoms with Crippen LogP contribution in [0.1, 0.15) is 23.2 Å². The number of rotatable bonds is 3. The first-order chi connectivity index (χ1) is 8.83. The lowest BCUT2D eigenvalue weighted by Gasteiger charge is -2.02. The summed E-state index contributed by atoms with van der Waals surface area (Å²) in [5, 5.41) is 6.77. The molecule has 0 spiro atoms. The van der Waals surface area contributed by atoms with Gasteiger partial charge in [0.2, 0.25) is 11.8 Å². The summed E-state index contributed by atoms with van der Waals surface area (Å²) in [5.74, 6) is 0.468. The normalized spacial score (nSPS) is 13.3. The van der Waals surface area contributed by atoms with E-state index in [9.17, 15) is 4.79 Å². The first kappa shape index (κ1) is 11.0. The number of nitrogens with zero attached hydrogens (tertiary/aromatic N) is 1. The van der Waals surface area contributed by atoms with E-state index in [4.69, 9.17) is 4.52 Å². The number of aromatic nitrogens is 1. The van der Waals surface area contributed by atoms with Crippen molar-refractivity contribution in [3.05, 3.63) is 47.2 Å². The highest BCUT2D eigenvalue weighted by molar-refractivity contribution is 5.91. The van der Waals surface area contributed by atoms with Crippen LogP contribution in [0.2, 0.25) is 0 Å². The summed E-state index contributed by atoms with van der Waals surface area (Å²) in [6, 6.07) is 9.66. The summed E-state index contributed by atoms with van der Waals surface area (Å²) >= 11 is 0. The van der Waals surface area contributed by atoms with Gasteiger partial charge in [0.25, 0.3) is 0 Å². The molecule has 4 nitrogen and oxygen atoms in total. The summed E-state index contributed by atoms with van der Waals surface area (Å²) < 4.78 is 5.16. The first-order valence-electron chi connectivity index (χ1n) is 6.14. The summed E-state index contributed by atoms with van der Waals surface area (Å²) in [4.78, 5) is 11.9. The molecule has 0 bridgehead atoms.